The predicted octanol–water partition coefficient (Wildman–Crippen LogP) is 2.99. The minimum absolute atomic E-state index is 0.0577. The van der Waals surface area contributed by atoms with Crippen molar-refractivity contribution in [3.05, 3.63) is 47.0 Å². The molecule has 0 spiro atoms. The molecule has 2 aromatic rings. The Hall–Kier alpha value is -2.40. The molecule has 3 rings (SSSR count). The molecular weight excluding hydrogens is 296 g/mol. The number of hydrogen-bond acceptors (Lipinski definition) is 5. The minimum atomic E-state index is -0.594. The van der Waals surface area contributed by atoms with Crippen molar-refractivity contribution in [2.45, 2.75) is 18.4 Å². The number of phenols is 1. The van der Waals surface area contributed by atoms with Crippen LogP contribution in [-0.4, -0.2) is 31.5 Å². The van der Waals surface area contributed by atoms with Crippen molar-refractivity contribution in [1.29, 1.82) is 0 Å². The lowest BCUT2D eigenvalue weighted by Crippen LogP contribution is -2.00. The SMILES string of the molecule is COc1cc(OC)c2c(c1)C(O)CC2c1ccc(OC)c(O)c1. The fourth-order valence-electron chi connectivity index (χ4n) is 3.25. The topological polar surface area (TPSA) is 68.2 Å². The van der Waals surface area contributed by atoms with Gasteiger partial charge in [-0.25, -0.2) is 0 Å². The zero-order chi connectivity index (χ0) is 16.6. The second kappa shape index (κ2) is 6.01. The lowest BCUT2D eigenvalue weighted by atomic mass is 9.92. The molecule has 1 aliphatic carbocycles. The number of hydrogen-bond donors (Lipinski definition) is 2. The Kier molecular flexibility index (Phi) is 4.05. The van der Waals surface area contributed by atoms with Gasteiger partial charge in [0.15, 0.2) is 11.5 Å². The Bertz CT molecular complexity index is 726. The van der Waals surface area contributed by atoms with Gasteiger partial charge in [-0.2, -0.15) is 0 Å². The quantitative estimate of drug-likeness (QED) is 0.907. The Morgan fingerprint density at radius 2 is 1.70 bits per heavy atom. The van der Waals surface area contributed by atoms with E-state index < -0.39 is 6.10 Å². The smallest absolute Gasteiger partial charge is 0.160 e. The molecule has 2 N–H and O–H groups in total. The summed E-state index contributed by atoms with van der Waals surface area (Å²) in [6, 6.07) is 8.95. The first-order chi connectivity index (χ1) is 11.1. The van der Waals surface area contributed by atoms with Crippen molar-refractivity contribution in [2.24, 2.45) is 0 Å². The maximum Gasteiger partial charge on any atom is 0.160 e. The highest BCUT2D eigenvalue weighted by atomic mass is 16.5. The Morgan fingerprint density at radius 1 is 0.957 bits per heavy atom. The first-order valence-electron chi connectivity index (χ1n) is 7.39. The molecule has 122 valence electrons. The third kappa shape index (κ3) is 2.57. The van der Waals surface area contributed by atoms with Crippen molar-refractivity contribution in [1.82, 2.24) is 0 Å². The summed E-state index contributed by atoms with van der Waals surface area (Å²) in [5.41, 5.74) is 2.65. The summed E-state index contributed by atoms with van der Waals surface area (Å²) in [6.07, 6.45) is -0.0618. The lowest BCUT2D eigenvalue weighted by molar-refractivity contribution is 0.176. The molecule has 0 amide bonds. The molecule has 0 fully saturated rings. The van der Waals surface area contributed by atoms with Crippen LogP contribution < -0.4 is 14.2 Å². The zero-order valence-corrected chi connectivity index (χ0v) is 13.4. The maximum atomic E-state index is 10.4. The van der Waals surface area contributed by atoms with E-state index in [9.17, 15) is 10.2 Å². The van der Waals surface area contributed by atoms with E-state index in [4.69, 9.17) is 14.2 Å². The molecule has 23 heavy (non-hydrogen) atoms. The normalized spacial score (nSPS) is 19.3. The minimum Gasteiger partial charge on any atom is -0.504 e. The predicted molar refractivity (Wildman–Crippen MR) is 85.6 cm³/mol. The summed E-state index contributed by atoms with van der Waals surface area (Å²) in [6.45, 7) is 0. The molecule has 0 saturated carbocycles. The number of rotatable bonds is 4. The molecule has 0 aromatic heterocycles. The summed E-state index contributed by atoms with van der Waals surface area (Å²) >= 11 is 0. The number of fused-ring (bicyclic) bond motifs is 1. The number of ether oxygens (including phenoxy) is 3. The summed E-state index contributed by atoms with van der Waals surface area (Å²) in [4.78, 5) is 0. The van der Waals surface area contributed by atoms with Crippen molar-refractivity contribution in [2.75, 3.05) is 21.3 Å². The van der Waals surface area contributed by atoms with Crippen molar-refractivity contribution in [3.8, 4) is 23.0 Å². The third-order valence-electron chi connectivity index (χ3n) is 4.37. The van der Waals surface area contributed by atoms with Crippen molar-refractivity contribution < 1.29 is 24.4 Å². The average molecular weight is 316 g/mol. The summed E-state index contributed by atoms with van der Waals surface area (Å²) < 4.78 is 15.9. The largest absolute Gasteiger partial charge is 0.504 e. The van der Waals surface area contributed by atoms with Crippen LogP contribution in [0.5, 0.6) is 23.0 Å². The van der Waals surface area contributed by atoms with E-state index in [1.807, 2.05) is 18.2 Å². The van der Waals surface area contributed by atoms with E-state index in [0.29, 0.717) is 23.7 Å². The fourth-order valence-corrected chi connectivity index (χ4v) is 3.25. The highest BCUT2D eigenvalue weighted by molar-refractivity contribution is 5.56. The molecule has 0 bridgehead atoms. The van der Waals surface area contributed by atoms with Crippen LogP contribution in [0, 0.1) is 0 Å². The summed E-state index contributed by atoms with van der Waals surface area (Å²) in [5.74, 6) is 1.78. The average Bonchev–Trinajstić information content (AvgIpc) is 2.91. The third-order valence-corrected chi connectivity index (χ3v) is 4.37. The van der Waals surface area contributed by atoms with E-state index in [1.165, 1.54) is 7.11 Å². The van der Waals surface area contributed by atoms with Crippen LogP contribution in [0.1, 0.15) is 35.1 Å². The molecule has 5 nitrogen and oxygen atoms in total. The summed E-state index contributed by atoms with van der Waals surface area (Å²) in [7, 11) is 4.70. The van der Waals surface area contributed by atoms with Gasteiger partial charge in [0, 0.05) is 17.5 Å². The molecule has 0 aliphatic heterocycles. The van der Waals surface area contributed by atoms with Gasteiger partial charge in [0.05, 0.1) is 27.4 Å². The molecule has 0 heterocycles. The van der Waals surface area contributed by atoms with Gasteiger partial charge in [0.2, 0.25) is 0 Å². The van der Waals surface area contributed by atoms with Crippen LogP contribution in [0.4, 0.5) is 0 Å². The van der Waals surface area contributed by atoms with Crippen molar-refractivity contribution >= 4 is 0 Å². The molecule has 2 atom stereocenters. The molecule has 2 unspecified atom stereocenters. The molecule has 1 aliphatic rings. The number of methoxy groups -OCH3 is 3. The van der Waals surface area contributed by atoms with Crippen molar-refractivity contribution in [3.63, 3.8) is 0 Å². The molecule has 2 aromatic carbocycles. The van der Waals surface area contributed by atoms with Gasteiger partial charge in [-0.1, -0.05) is 6.07 Å². The fraction of sp³-hybridized carbons (Fsp3) is 0.333. The standard InChI is InChI=1S/C18H20O5/c1-21-11-7-13-14(19)9-12(18(13)17(8-11)23-3)10-4-5-16(22-2)15(20)6-10/h4-8,12,14,19-20H,9H2,1-3H3. The number of aliphatic hydroxyl groups excluding tert-OH is 1. The van der Waals surface area contributed by atoms with Gasteiger partial charge >= 0.3 is 0 Å². The molecule has 0 saturated heterocycles. The van der Waals surface area contributed by atoms with E-state index in [1.54, 1.807) is 26.4 Å². The van der Waals surface area contributed by atoms with Crippen LogP contribution in [0.15, 0.2) is 30.3 Å². The zero-order valence-electron chi connectivity index (χ0n) is 13.4. The Morgan fingerprint density at radius 3 is 2.30 bits per heavy atom. The van der Waals surface area contributed by atoms with Crippen LogP contribution in [0.2, 0.25) is 0 Å². The number of aromatic hydroxyl groups is 1. The van der Waals surface area contributed by atoms with Gasteiger partial charge in [-0.05, 0) is 35.7 Å². The van der Waals surface area contributed by atoms with Gasteiger partial charge in [0.25, 0.3) is 0 Å². The number of benzene rings is 2. The van der Waals surface area contributed by atoms with E-state index in [0.717, 1.165) is 16.7 Å². The second-order valence-electron chi connectivity index (χ2n) is 5.57. The van der Waals surface area contributed by atoms with E-state index in [2.05, 4.69) is 0 Å². The molecule has 5 heteroatoms. The number of phenolic OH excluding ortho intramolecular Hbond substituents is 1. The van der Waals surface area contributed by atoms with E-state index in [-0.39, 0.29) is 11.7 Å². The van der Waals surface area contributed by atoms with Crippen LogP contribution in [0.3, 0.4) is 0 Å². The van der Waals surface area contributed by atoms with Gasteiger partial charge in [0.1, 0.15) is 11.5 Å². The highest BCUT2D eigenvalue weighted by Gasteiger charge is 2.34. The van der Waals surface area contributed by atoms with Crippen LogP contribution >= 0.6 is 0 Å². The Labute approximate surface area is 135 Å². The highest BCUT2D eigenvalue weighted by Crippen LogP contribution is 2.50. The lowest BCUT2D eigenvalue weighted by Gasteiger charge is -2.17. The second-order valence-corrected chi connectivity index (χ2v) is 5.57. The van der Waals surface area contributed by atoms with Gasteiger partial charge in [-0.3, -0.25) is 0 Å². The van der Waals surface area contributed by atoms with Crippen LogP contribution in [0.25, 0.3) is 0 Å². The molecular formula is C18H20O5. The van der Waals surface area contributed by atoms with E-state index >= 15 is 0 Å². The molecule has 0 radical (unpaired) electrons. The summed E-state index contributed by atoms with van der Waals surface area (Å²) in [5, 5.41) is 20.5. The van der Waals surface area contributed by atoms with Gasteiger partial charge in [-0.15, -0.1) is 0 Å². The first kappa shape index (κ1) is 15.5. The van der Waals surface area contributed by atoms with Crippen LogP contribution in [-0.2, 0) is 0 Å². The maximum absolute atomic E-state index is 10.4. The monoisotopic (exact) mass is 316 g/mol. The first-order valence-corrected chi connectivity index (χ1v) is 7.39. The Balaban J connectivity index is 2.10. The number of aliphatic hydroxyl groups is 1. The van der Waals surface area contributed by atoms with Gasteiger partial charge < -0.3 is 24.4 Å².